The first-order chi connectivity index (χ1) is 9.58. The van der Waals surface area contributed by atoms with E-state index in [2.05, 4.69) is 10.1 Å². The van der Waals surface area contributed by atoms with Crippen LogP contribution in [0.1, 0.15) is 40.3 Å². The molecule has 106 valence electrons. The lowest BCUT2D eigenvalue weighted by Gasteiger charge is -2.06. The van der Waals surface area contributed by atoms with E-state index in [-0.39, 0.29) is 18.8 Å². The molecule has 0 unspecified atom stereocenters. The highest BCUT2D eigenvalue weighted by Crippen LogP contribution is 2.14. The highest BCUT2D eigenvalue weighted by Gasteiger charge is 2.19. The van der Waals surface area contributed by atoms with Gasteiger partial charge in [-0.2, -0.15) is 5.10 Å². The van der Waals surface area contributed by atoms with Crippen molar-refractivity contribution in [3.63, 3.8) is 0 Å². The smallest absolute Gasteiger partial charge is 0.343 e. The summed E-state index contributed by atoms with van der Waals surface area (Å²) in [6.45, 7) is 5.68. The zero-order chi connectivity index (χ0) is 14.7. The number of aromatic nitrogens is 3. The predicted octanol–water partition coefficient (Wildman–Crippen LogP) is 1.39. The summed E-state index contributed by atoms with van der Waals surface area (Å²) in [5, 5.41) is 4.01. The van der Waals surface area contributed by atoms with Crippen molar-refractivity contribution in [2.75, 3.05) is 13.2 Å². The Balaban J connectivity index is 2.47. The number of carbonyl (C=O) groups excluding carboxylic acids is 2. The fourth-order valence-corrected chi connectivity index (χ4v) is 1.76. The van der Waals surface area contributed by atoms with Crippen LogP contribution in [0.2, 0.25) is 0 Å². The fraction of sp³-hybridized carbons (Fsp3) is 0.385. The van der Waals surface area contributed by atoms with Crippen molar-refractivity contribution in [3.05, 3.63) is 29.2 Å². The van der Waals surface area contributed by atoms with E-state index in [0.717, 1.165) is 0 Å². The molecule has 0 aromatic carbocycles. The van der Waals surface area contributed by atoms with Gasteiger partial charge in [0.05, 0.1) is 30.7 Å². The molecule has 20 heavy (non-hydrogen) atoms. The van der Waals surface area contributed by atoms with Gasteiger partial charge in [-0.3, -0.25) is 0 Å². The number of hydrogen-bond donors (Lipinski definition) is 0. The summed E-state index contributed by atoms with van der Waals surface area (Å²) in [5.74, 6) is -0.953. The minimum absolute atomic E-state index is 0.269. The summed E-state index contributed by atoms with van der Waals surface area (Å²) in [6.07, 6.45) is 2.87. The molecular formula is C13H15N3O4. The van der Waals surface area contributed by atoms with E-state index in [4.69, 9.17) is 9.47 Å². The Hall–Kier alpha value is -2.44. The van der Waals surface area contributed by atoms with Gasteiger partial charge < -0.3 is 9.47 Å². The summed E-state index contributed by atoms with van der Waals surface area (Å²) in [5.41, 5.74) is 1.42. The molecule has 0 atom stereocenters. The molecular weight excluding hydrogens is 262 g/mol. The molecule has 7 heteroatoms. The molecule has 0 N–H and O–H groups in total. The van der Waals surface area contributed by atoms with Crippen LogP contribution in [0.3, 0.4) is 0 Å². The Morgan fingerprint density at radius 3 is 2.35 bits per heavy atom. The van der Waals surface area contributed by atoms with Crippen molar-refractivity contribution >= 4 is 17.6 Å². The molecule has 2 heterocycles. The normalized spacial score (nSPS) is 10.6. The van der Waals surface area contributed by atoms with Gasteiger partial charge in [0.1, 0.15) is 5.56 Å². The largest absolute Gasteiger partial charge is 0.462 e. The lowest BCUT2D eigenvalue weighted by molar-refractivity contribution is 0.0518. The van der Waals surface area contributed by atoms with E-state index in [1.807, 2.05) is 0 Å². The first-order valence-electron chi connectivity index (χ1n) is 6.27. The second-order valence-corrected chi connectivity index (χ2v) is 4.01. The molecule has 2 aromatic rings. The van der Waals surface area contributed by atoms with Gasteiger partial charge >= 0.3 is 11.9 Å². The van der Waals surface area contributed by atoms with Crippen molar-refractivity contribution < 1.29 is 19.1 Å². The first kappa shape index (κ1) is 14.0. The molecule has 0 bridgehead atoms. The maximum Gasteiger partial charge on any atom is 0.343 e. The summed E-state index contributed by atoms with van der Waals surface area (Å²) < 4.78 is 11.2. The van der Waals surface area contributed by atoms with Gasteiger partial charge in [-0.15, -0.1) is 0 Å². The fourth-order valence-electron chi connectivity index (χ4n) is 1.76. The maximum atomic E-state index is 11.8. The molecule has 0 amide bonds. The average molecular weight is 277 g/mol. The molecule has 2 aromatic heterocycles. The van der Waals surface area contributed by atoms with Crippen LogP contribution < -0.4 is 0 Å². The Morgan fingerprint density at radius 2 is 1.75 bits per heavy atom. The number of esters is 2. The highest BCUT2D eigenvalue weighted by molar-refractivity contribution is 5.96. The zero-order valence-electron chi connectivity index (χ0n) is 11.5. The SMILES string of the molecule is CCOC(=O)c1cn2ncc(C(=O)OCC)c2nc1C. The third kappa shape index (κ3) is 2.47. The maximum absolute atomic E-state index is 11.8. The number of ether oxygens (including phenoxy) is 2. The minimum atomic E-state index is -0.488. The van der Waals surface area contributed by atoms with Crippen LogP contribution in [0.4, 0.5) is 0 Å². The molecule has 2 rings (SSSR count). The van der Waals surface area contributed by atoms with Gasteiger partial charge in [0, 0.05) is 6.20 Å². The Bertz CT molecular complexity index is 663. The zero-order valence-corrected chi connectivity index (χ0v) is 11.5. The van der Waals surface area contributed by atoms with Crippen LogP contribution in [-0.2, 0) is 9.47 Å². The monoisotopic (exact) mass is 277 g/mol. The molecule has 0 saturated heterocycles. The lowest BCUT2D eigenvalue weighted by Crippen LogP contribution is -2.11. The van der Waals surface area contributed by atoms with Crippen LogP contribution in [0, 0.1) is 6.92 Å². The number of rotatable bonds is 4. The molecule has 0 fully saturated rings. The Labute approximate surface area is 115 Å². The van der Waals surface area contributed by atoms with Crippen molar-refractivity contribution in [1.29, 1.82) is 0 Å². The topological polar surface area (TPSA) is 82.8 Å². The summed E-state index contributed by atoms with van der Waals surface area (Å²) >= 11 is 0. The van der Waals surface area contributed by atoms with Crippen molar-refractivity contribution in [3.8, 4) is 0 Å². The lowest BCUT2D eigenvalue weighted by atomic mass is 10.2. The van der Waals surface area contributed by atoms with E-state index >= 15 is 0 Å². The van der Waals surface area contributed by atoms with E-state index < -0.39 is 11.9 Å². The summed E-state index contributed by atoms with van der Waals surface area (Å²) in [6, 6.07) is 0. The third-order valence-corrected chi connectivity index (χ3v) is 2.67. The molecule has 0 spiro atoms. The number of nitrogens with zero attached hydrogens (tertiary/aromatic N) is 3. The molecule has 7 nitrogen and oxygen atoms in total. The summed E-state index contributed by atoms with van der Waals surface area (Å²) in [7, 11) is 0. The van der Waals surface area contributed by atoms with Gasteiger partial charge in [-0.25, -0.2) is 19.1 Å². The van der Waals surface area contributed by atoms with E-state index in [1.165, 1.54) is 16.9 Å². The van der Waals surface area contributed by atoms with Crippen LogP contribution in [0.5, 0.6) is 0 Å². The van der Waals surface area contributed by atoms with Gasteiger partial charge in [0.15, 0.2) is 5.65 Å². The summed E-state index contributed by atoms with van der Waals surface area (Å²) in [4.78, 5) is 27.7. The Kier molecular flexibility index (Phi) is 3.97. The highest BCUT2D eigenvalue weighted by atomic mass is 16.5. The van der Waals surface area contributed by atoms with Crippen LogP contribution in [0.25, 0.3) is 5.65 Å². The second-order valence-electron chi connectivity index (χ2n) is 4.01. The van der Waals surface area contributed by atoms with E-state index in [1.54, 1.807) is 20.8 Å². The average Bonchev–Trinajstić information content (AvgIpc) is 2.81. The second kappa shape index (κ2) is 5.68. The van der Waals surface area contributed by atoms with Gasteiger partial charge in [-0.05, 0) is 20.8 Å². The number of carbonyl (C=O) groups is 2. The van der Waals surface area contributed by atoms with Crippen LogP contribution in [-0.4, -0.2) is 39.8 Å². The number of hydrogen-bond acceptors (Lipinski definition) is 6. The van der Waals surface area contributed by atoms with Gasteiger partial charge in [0.25, 0.3) is 0 Å². The van der Waals surface area contributed by atoms with Gasteiger partial charge in [-0.1, -0.05) is 0 Å². The van der Waals surface area contributed by atoms with Crippen LogP contribution in [0.15, 0.2) is 12.4 Å². The van der Waals surface area contributed by atoms with Gasteiger partial charge in [0.2, 0.25) is 0 Å². The predicted molar refractivity (Wildman–Crippen MR) is 69.6 cm³/mol. The molecule has 0 aliphatic carbocycles. The first-order valence-corrected chi connectivity index (χ1v) is 6.27. The third-order valence-electron chi connectivity index (χ3n) is 2.67. The quantitative estimate of drug-likeness (QED) is 0.785. The number of fused-ring (bicyclic) bond motifs is 1. The standard InChI is InChI=1S/C13H15N3O4/c1-4-19-12(17)9-6-14-16-7-10(13(18)20-5-2)8(3)15-11(9)16/h6-7H,4-5H2,1-3H3. The molecule has 0 aliphatic rings. The molecule has 0 aliphatic heterocycles. The minimum Gasteiger partial charge on any atom is -0.462 e. The molecule has 0 radical (unpaired) electrons. The van der Waals surface area contributed by atoms with Crippen molar-refractivity contribution in [1.82, 2.24) is 14.6 Å². The Morgan fingerprint density at radius 1 is 1.15 bits per heavy atom. The van der Waals surface area contributed by atoms with Crippen molar-refractivity contribution in [2.45, 2.75) is 20.8 Å². The number of aryl methyl sites for hydroxylation is 1. The van der Waals surface area contributed by atoms with Crippen LogP contribution >= 0.6 is 0 Å². The van der Waals surface area contributed by atoms with Crippen molar-refractivity contribution in [2.24, 2.45) is 0 Å². The van der Waals surface area contributed by atoms with E-state index in [0.29, 0.717) is 16.9 Å². The van der Waals surface area contributed by atoms with E-state index in [9.17, 15) is 9.59 Å². The molecule has 0 saturated carbocycles.